The number of hydrogen-bond donors (Lipinski definition) is 1. The summed E-state index contributed by atoms with van der Waals surface area (Å²) in [6.07, 6.45) is -0.0538. The first-order chi connectivity index (χ1) is 9.13. The van der Waals surface area contributed by atoms with Gasteiger partial charge in [0.2, 0.25) is 0 Å². The van der Waals surface area contributed by atoms with Crippen molar-refractivity contribution in [3.05, 3.63) is 45.1 Å². The number of aliphatic hydroxyl groups excluding tert-OH is 1. The number of thiophene rings is 1. The van der Waals surface area contributed by atoms with Crippen LogP contribution in [0.25, 0.3) is 0 Å². The molecule has 1 unspecified atom stereocenters. The summed E-state index contributed by atoms with van der Waals surface area (Å²) in [5.41, 5.74) is 0.794. The Morgan fingerprint density at radius 3 is 2.47 bits per heavy atom. The molecule has 102 valence electrons. The molecule has 0 spiro atoms. The highest BCUT2D eigenvalue weighted by atomic mass is 35.5. The van der Waals surface area contributed by atoms with Crippen molar-refractivity contribution in [1.82, 2.24) is 0 Å². The zero-order valence-corrected chi connectivity index (χ0v) is 12.3. The Kier molecular flexibility index (Phi) is 4.69. The van der Waals surface area contributed by atoms with E-state index in [0.717, 1.165) is 14.8 Å². The van der Waals surface area contributed by atoms with E-state index in [1.807, 2.05) is 18.2 Å². The normalized spacial score (nSPS) is 12.2. The van der Waals surface area contributed by atoms with Crippen LogP contribution in [0.15, 0.2) is 30.3 Å². The summed E-state index contributed by atoms with van der Waals surface area (Å²) >= 11 is 7.36. The van der Waals surface area contributed by atoms with Gasteiger partial charge in [0.15, 0.2) is 11.5 Å². The van der Waals surface area contributed by atoms with Crippen LogP contribution in [-0.4, -0.2) is 19.3 Å². The molecule has 0 aliphatic heterocycles. The van der Waals surface area contributed by atoms with E-state index in [9.17, 15) is 5.11 Å². The third-order valence-corrected chi connectivity index (χ3v) is 4.07. The number of ether oxygens (including phenoxy) is 2. The molecule has 0 aliphatic rings. The zero-order chi connectivity index (χ0) is 13.8. The molecule has 0 bridgehead atoms. The highest BCUT2D eigenvalue weighted by Crippen LogP contribution is 2.32. The molecule has 2 rings (SSSR count). The van der Waals surface area contributed by atoms with Gasteiger partial charge < -0.3 is 14.6 Å². The fraction of sp³-hybridized carbons (Fsp3) is 0.286. The number of halogens is 1. The van der Waals surface area contributed by atoms with E-state index in [0.29, 0.717) is 17.9 Å². The number of methoxy groups -OCH3 is 2. The van der Waals surface area contributed by atoms with Crippen LogP contribution >= 0.6 is 22.9 Å². The van der Waals surface area contributed by atoms with E-state index >= 15 is 0 Å². The van der Waals surface area contributed by atoms with Crippen LogP contribution in [0.5, 0.6) is 11.5 Å². The number of benzene rings is 1. The second-order valence-corrected chi connectivity index (χ2v) is 5.84. The molecule has 1 atom stereocenters. The molecular weight excluding hydrogens is 284 g/mol. The van der Waals surface area contributed by atoms with Crippen LogP contribution in [0.2, 0.25) is 4.34 Å². The average Bonchev–Trinajstić information content (AvgIpc) is 2.83. The first kappa shape index (κ1) is 14.2. The molecule has 0 saturated carbocycles. The lowest BCUT2D eigenvalue weighted by Crippen LogP contribution is -2.01. The molecule has 0 radical (unpaired) electrons. The fourth-order valence-electron chi connectivity index (χ4n) is 1.83. The third-order valence-electron chi connectivity index (χ3n) is 2.82. The minimum Gasteiger partial charge on any atom is -0.493 e. The first-order valence-corrected chi connectivity index (χ1v) is 6.97. The van der Waals surface area contributed by atoms with Gasteiger partial charge in [-0.1, -0.05) is 17.7 Å². The van der Waals surface area contributed by atoms with Crippen molar-refractivity contribution < 1.29 is 14.6 Å². The van der Waals surface area contributed by atoms with Gasteiger partial charge >= 0.3 is 0 Å². The Morgan fingerprint density at radius 2 is 1.89 bits per heavy atom. The minimum atomic E-state index is -0.588. The Labute approximate surface area is 121 Å². The standard InChI is InChI=1S/C14H15ClO3S/c1-17-12-5-3-9(7-13(12)18-2)11(16)8-10-4-6-14(15)19-10/h3-7,11,16H,8H2,1-2H3. The van der Waals surface area contributed by atoms with E-state index in [4.69, 9.17) is 21.1 Å². The molecule has 1 aromatic heterocycles. The maximum absolute atomic E-state index is 10.2. The van der Waals surface area contributed by atoms with Gasteiger partial charge in [0, 0.05) is 11.3 Å². The second-order valence-electron chi connectivity index (χ2n) is 4.04. The Morgan fingerprint density at radius 1 is 1.16 bits per heavy atom. The van der Waals surface area contributed by atoms with Crippen LogP contribution in [0.3, 0.4) is 0 Å². The molecule has 19 heavy (non-hydrogen) atoms. The van der Waals surface area contributed by atoms with Gasteiger partial charge in [0.25, 0.3) is 0 Å². The van der Waals surface area contributed by atoms with Crippen LogP contribution in [-0.2, 0) is 6.42 Å². The average molecular weight is 299 g/mol. The van der Waals surface area contributed by atoms with E-state index in [1.54, 1.807) is 26.4 Å². The number of aliphatic hydroxyl groups is 1. The molecule has 1 N–H and O–H groups in total. The highest BCUT2D eigenvalue weighted by molar-refractivity contribution is 7.16. The van der Waals surface area contributed by atoms with Crippen LogP contribution in [0, 0.1) is 0 Å². The summed E-state index contributed by atoms with van der Waals surface area (Å²) in [5, 5.41) is 10.2. The van der Waals surface area contributed by atoms with Crippen molar-refractivity contribution in [1.29, 1.82) is 0 Å². The summed E-state index contributed by atoms with van der Waals surface area (Å²) in [7, 11) is 3.16. The van der Waals surface area contributed by atoms with Gasteiger partial charge in [-0.15, -0.1) is 11.3 Å². The maximum atomic E-state index is 10.2. The van der Waals surface area contributed by atoms with Crippen LogP contribution < -0.4 is 9.47 Å². The third kappa shape index (κ3) is 3.41. The van der Waals surface area contributed by atoms with Gasteiger partial charge in [-0.25, -0.2) is 0 Å². The van der Waals surface area contributed by atoms with E-state index in [2.05, 4.69) is 0 Å². The quantitative estimate of drug-likeness (QED) is 0.915. The Balaban J connectivity index is 2.16. The summed E-state index contributed by atoms with van der Waals surface area (Å²) in [6.45, 7) is 0. The molecule has 0 fully saturated rings. The zero-order valence-electron chi connectivity index (χ0n) is 10.7. The van der Waals surface area contributed by atoms with Crippen molar-refractivity contribution in [3.8, 4) is 11.5 Å². The maximum Gasteiger partial charge on any atom is 0.161 e. The van der Waals surface area contributed by atoms with Gasteiger partial charge in [0.1, 0.15) is 0 Å². The molecule has 1 heterocycles. The van der Waals surface area contributed by atoms with Crippen LogP contribution in [0.1, 0.15) is 16.5 Å². The summed E-state index contributed by atoms with van der Waals surface area (Å²) in [6, 6.07) is 9.18. The van der Waals surface area contributed by atoms with Crippen molar-refractivity contribution in [2.75, 3.05) is 14.2 Å². The molecular formula is C14H15ClO3S. The molecule has 2 aromatic rings. The van der Waals surface area contributed by atoms with Gasteiger partial charge in [-0.05, 0) is 29.8 Å². The monoisotopic (exact) mass is 298 g/mol. The lowest BCUT2D eigenvalue weighted by atomic mass is 10.1. The summed E-state index contributed by atoms with van der Waals surface area (Å²) < 4.78 is 11.1. The predicted molar refractivity (Wildman–Crippen MR) is 77.5 cm³/mol. The van der Waals surface area contributed by atoms with Crippen molar-refractivity contribution in [2.24, 2.45) is 0 Å². The molecule has 1 aromatic carbocycles. The lowest BCUT2D eigenvalue weighted by molar-refractivity contribution is 0.179. The summed E-state index contributed by atoms with van der Waals surface area (Å²) in [4.78, 5) is 1.05. The van der Waals surface area contributed by atoms with Crippen LogP contribution in [0.4, 0.5) is 0 Å². The van der Waals surface area contributed by atoms with E-state index < -0.39 is 6.10 Å². The highest BCUT2D eigenvalue weighted by Gasteiger charge is 2.13. The topological polar surface area (TPSA) is 38.7 Å². The van der Waals surface area contributed by atoms with Crippen molar-refractivity contribution >= 4 is 22.9 Å². The molecule has 0 aliphatic carbocycles. The minimum absolute atomic E-state index is 0.535. The molecule has 3 nitrogen and oxygen atoms in total. The smallest absolute Gasteiger partial charge is 0.161 e. The number of rotatable bonds is 5. The van der Waals surface area contributed by atoms with E-state index in [1.165, 1.54) is 11.3 Å². The number of hydrogen-bond acceptors (Lipinski definition) is 4. The van der Waals surface area contributed by atoms with E-state index in [-0.39, 0.29) is 0 Å². The Bertz CT molecular complexity index is 553. The molecule has 5 heteroatoms. The van der Waals surface area contributed by atoms with Crippen molar-refractivity contribution in [3.63, 3.8) is 0 Å². The fourth-order valence-corrected chi connectivity index (χ4v) is 2.95. The predicted octanol–water partition coefficient (Wildman–Crippen LogP) is 3.69. The first-order valence-electron chi connectivity index (χ1n) is 5.78. The largest absolute Gasteiger partial charge is 0.493 e. The summed E-state index contributed by atoms with van der Waals surface area (Å²) in [5.74, 6) is 1.26. The second kappa shape index (κ2) is 6.28. The molecule has 0 amide bonds. The lowest BCUT2D eigenvalue weighted by Gasteiger charge is -2.13. The van der Waals surface area contributed by atoms with Gasteiger partial charge in [0.05, 0.1) is 24.7 Å². The molecule has 0 saturated heterocycles. The van der Waals surface area contributed by atoms with Crippen molar-refractivity contribution in [2.45, 2.75) is 12.5 Å². The Hall–Kier alpha value is -1.23. The SMILES string of the molecule is COc1ccc(C(O)Cc2ccc(Cl)s2)cc1OC. The van der Waals surface area contributed by atoms with Gasteiger partial charge in [-0.2, -0.15) is 0 Å². The van der Waals surface area contributed by atoms with Gasteiger partial charge in [-0.3, -0.25) is 0 Å².